The Morgan fingerprint density at radius 2 is 0.775 bits per heavy atom. The molecule has 80 heavy (non-hydrogen) atoms. The number of hydrogen-bond donors (Lipinski definition) is 0. The van der Waals surface area contributed by atoms with E-state index in [2.05, 4.69) is 150 Å². The van der Waals surface area contributed by atoms with Gasteiger partial charge in [-0.25, -0.2) is 0 Å². The minimum absolute atomic E-state index is 0.715. The van der Waals surface area contributed by atoms with Gasteiger partial charge in [0.15, 0.2) is 0 Å². The van der Waals surface area contributed by atoms with Crippen molar-refractivity contribution < 1.29 is 0 Å². The molecular weight excluding hydrogens is 1170 g/mol. The Hall–Kier alpha value is -3.02. The fraction of sp³-hybridized carbons (Fsp3) is 0.485. The molecule has 0 bridgehead atoms. The van der Waals surface area contributed by atoms with Gasteiger partial charge in [0.2, 0.25) is 0 Å². The van der Waals surface area contributed by atoms with Crippen molar-refractivity contribution in [2.24, 2.45) is 23.7 Å². The minimum Gasteiger partial charge on any atom is -0.172 e. The van der Waals surface area contributed by atoms with Gasteiger partial charge in [-0.2, -0.15) is 17.5 Å². The molecule has 10 heterocycles. The average Bonchev–Trinajstić information content (AvgIpc) is 4.51. The van der Waals surface area contributed by atoms with Crippen LogP contribution in [0.1, 0.15) is 168 Å². The van der Waals surface area contributed by atoms with Crippen LogP contribution in [-0.2, 0) is 12.8 Å². The number of thiophene rings is 7. The monoisotopic (exact) mass is 1240 g/mol. The van der Waals surface area contributed by atoms with Crippen molar-refractivity contribution in [3.63, 3.8) is 0 Å². The van der Waals surface area contributed by atoms with Crippen molar-refractivity contribution in [1.29, 1.82) is 0 Å². The van der Waals surface area contributed by atoms with Crippen LogP contribution >= 0.6 is 103 Å². The number of unbranched alkanes of at least 4 members (excludes halogenated alkanes) is 4. The fourth-order valence-electron chi connectivity index (χ4n) is 13.4. The fourth-order valence-corrected chi connectivity index (χ4v) is 32.3. The Balaban J connectivity index is 0.924. The van der Waals surface area contributed by atoms with Gasteiger partial charge in [-0.05, 0) is 95.4 Å². The first-order valence-corrected chi connectivity index (χ1v) is 40.1. The van der Waals surface area contributed by atoms with E-state index in [0.29, 0.717) is 11.8 Å². The molecule has 0 saturated heterocycles. The molecule has 4 nitrogen and oxygen atoms in total. The largest absolute Gasteiger partial charge is 0.172 e. The standard InChI is InChI=1S/C66H78N4S9Si/c1-9-17-21-39(13-5)29-43-31-53-55(71-43)33-49(73-53)45-25-27-47(61-59(45)67-78-69-61)51-35-57-63(75-51)66-65(77-57)64-58(80(66,37-41(15-7)23-19-11-3)38-42(16-8)24-20-12-4)36-52(76-64)48-28-26-46(60-62(48)70-79-68-60)50-34-56-54(74-50)32-44(72-56)30-40(14-6)22-18-10-2/h25-28,31-36,39-42H,9-24,29-30,37-38H2,1-8H3. The van der Waals surface area contributed by atoms with Crippen LogP contribution in [0.4, 0.5) is 0 Å². The summed E-state index contributed by atoms with van der Waals surface area (Å²) in [6, 6.07) is 27.3. The lowest BCUT2D eigenvalue weighted by atomic mass is 9.95. The summed E-state index contributed by atoms with van der Waals surface area (Å²) in [5.41, 5.74) is 9.19. The molecule has 0 N–H and O–H groups in total. The molecule has 0 amide bonds. The van der Waals surface area contributed by atoms with Gasteiger partial charge in [0, 0.05) is 89.5 Å². The molecule has 4 atom stereocenters. The zero-order valence-electron chi connectivity index (χ0n) is 48.2. The quantitative estimate of drug-likeness (QED) is 0.0459. The van der Waals surface area contributed by atoms with E-state index in [0.717, 1.165) is 33.9 Å². The summed E-state index contributed by atoms with van der Waals surface area (Å²) in [5, 5.41) is 3.52. The second-order valence-electron chi connectivity index (χ2n) is 23.4. The molecule has 1 aliphatic heterocycles. The topological polar surface area (TPSA) is 51.6 Å². The van der Waals surface area contributed by atoms with Crippen LogP contribution in [0.5, 0.6) is 0 Å². The zero-order chi connectivity index (χ0) is 55.1. The first kappa shape index (κ1) is 57.4. The lowest BCUT2D eigenvalue weighted by molar-refractivity contribution is 0.452. The van der Waals surface area contributed by atoms with Crippen molar-refractivity contribution in [3.8, 4) is 51.5 Å². The molecule has 12 rings (SSSR count). The van der Waals surface area contributed by atoms with Crippen molar-refractivity contribution >= 4 is 172 Å². The van der Waals surface area contributed by atoms with E-state index in [1.54, 1.807) is 34.6 Å². The highest BCUT2D eigenvalue weighted by Crippen LogP contribution is 2.54. The van der Waals surface area contributed by atoms with Gasteiger partial charge in [-0.3, -0.25) is 0 Å². The molecule has 0 saturated carbocycles. The van der Waals surface area contributed by atoms with Gasteiger partial charge in [-0.1, -0.05) is 182 Å². The summed E-state index contributed by atoms with van der Waals surface area (Å²) in [6.45, 7) is 19.1. The second-order valence-corrected chi connectivity index (χ2v) is 36.1. The highest BCUT2D eigenvalue weighted by molar-refractivity contribution is 7.39. The normalized spacial score (nSPS) is 16.1. The number of nitrogens with zero attached hydrogens (tertiary/aromatic N) is 4. The lowest BCUT2D eigenvalue weighted by Crippen LogP contribution is -2.57. The van der Waals surface area contributed by atoms with Crippen LogP contribution in [0, 0.1) is 23.7 Å². The molecular formula is C66H78N4S9Si. The molecule has 0 spiro atoms. The summed E-state index contributed by atoms with van der Waals surface area (Å²) in [7, 11) is -2.35. The number of rotatable bonds is 28. The van der Waals surface area contributed by atoms with E-state index in [1.165, 1.54) is 216 Å². The van der Waals surface area contributed by atoms with Gasteiger partial charge in [-0.15, -0.1) is 79.4 Å². The zero-order valence-corrected chi connectivity index (χ0v) is 56.5. The Kier molecular flexibility index (Phi) is 18.1. The summed E-state index contributed by atoms with van der Waals surface area (Å²) in [5.74, 6) is 3.00. The first-order valence-electron chi connectivity index (χ1n) is 30.5. The third kappa shape index (κ3) is 11.0. The summed E-state index contributed by atoms with van der Waals surface area (Å²) >= 11 is 16.9. The predicted octanol–water partition coefficient (Wildman–Crippen LogP) is 23.7. The number of aromatic nitrogens is 4. The van der Waals surface area contributed by atoms with Crippen LogP contribution in [0.25, 0.3) is 102 Å². The van der Waals surface area contributed by atoms with Crippen LogP contribution in [-0.4, -0.2) is 25.6 Å². The van der Waals surface area contributed by atoms with Crippen LogP contribution in [0.3, 0.4) is 0 Å². The number of hydrogen-bond acceptors (Lipinski definition) is 13. The maximum Gasteiger partial charge on any atom is 0.124 e. The first-order chi connectivity index (χ1) is 39.2. The molecule has 1 aliphatic rings. The van der Waals surface area contributed by atoms with E-state index < -0.39 is 8.07 Å². The van der Waals surface area contributed by atoms with Crippen LogP contribution in [0.15, 0.2) is 60.7 Å². The Bertz CT molecular complexity index is 3800. The number of fused-ring (bicyclic) bond motifs is 9. The van der Waals surface area contributed by atoms with E-state index in [-0.39, 0.29) is 0 Å². The molecule has 420 valence electrons. The van der Waals surface area contributed by atoms with E-state index >= 15 is 0 Å². The molecule has 9 aromatic heterocycles. The van der Waals surface area contributed by atoms with E-state index in [4.69, 9.17) is 17.5 Å². The SMILES string of the molecule is CCCCC(CC)Cc1cc2sc(-c3ccc(-c4cc5c(s4)-c4sc6cc(-c7ccc(-c8cc9sc(CC(CC)CCCC)cc9s8)c8nsnc78)sc6c4[Si]5(CC(CC)CCCC)CC(CC)CCCC)c4nsnc34)cc2s1. The summed E-state index contributed by atoms with van der Waals surface area (Å²) < 4.78 is 29.1. The average molecular weight is 1240 g/mol. The van der Waals surface area contributed by atoms with Crippen LogP contribution in [0.2, 0.25) is 12.1 Å². The minimum atomic E-state index is -2.35. The Morgan fingerprint density at radius 1 is 0.388 bits per heavy atom. The lowest BCUT2D eigenvalue weighted by Gasteiger charge is -2.36. The molecule has 2 aromatic carbocycles. The summed E-state index contributed by atoms with van der Waals surface area (Å²) in [6.07, 6.45) is 23.2. The molecule has 14 heteroatoms. The van der Waals surface area contributed by atoms with Gasteiger partial charge in [0.1, 0.15) is 30.1 Å². The third-order valence-corrected chi connectivity index (χ3v) is 33.6. The molecule has 0 fully saturated rings. The van der Waals surface area contributed by atoms with Gasteiger partial charge in [0.25, 0.3) is 0 Å². The molecule has 0 aliphatic carbocycles. The van der Waals surface area contributed by atoms with E-state index in [1.807, 2.05) is 45.3 Å². The van der Waals surface area contributed by atoms with Crippen LogP contribution < -0.4 is 10.4 Å². The molecule has 4 unspecified atom stereocenters. The van der Waals surface area contributed by atoms with Crippen molar-refractivity contribution in [1.82, 2.24) is 17.5 Å². The maximum absolute atomic E-state index is 5.14. The number of benzene rings is 2. The Labute approximate surface area is 512 Å². The summed E-state index contributed by atoms with van der Waals surface area (Å²) in [4.78, 5) is 11.6. The van der Waals surface area contributed by atoms with Crippen molar-refractivity contribution in [2.75, 3.05) is 0 Å². The van der Waals surface area contributed by atoms with Crippen molar-refractivity contribution in [2.45, 2.75) is 183 Å². The highest BCUT2D eigenvalue weighted by Gasteiger charge is 2.51. The van der Waals surface area contributed by atoms with E-state index in [9.17, 15) is 0 Å². The predicted molar refractivity (Wildman–Crippen MR) is 368 cm³/mol. The molecule has 11 aromatic rings. The van der Waals surface area contributed by atoms with Crippen molar-refractivity contribution in [3.05, 3.63) is 70.4 Å². The third-order valence-electron chi connectivity index (χ3n) is 18.1. The van der Waals surface area contributed by atoms with Gasteiger partial charge >= 0.3 is 0 Å². The second kappa shape index (κ2) is 25.3. The Morgan fingerprint density at radius 3 is 1.19 bits per heavy atom. The highest BCUT2D eigenvalue weighted by atomic mass is 32.1. The van der Waals surface area contributed by atoms with Gasteiger partial charge in [0.05, 0.1) is 23.5 Å². The van der Waals surface area contributed by atoms with Gasteiger partial charge < -0.3 is 0 Å². The maximum atomic E-state index is 5.14. The molecule has 0 radical (unpaired) electrons. The smallest absolute Gasteiger partial charge is 0.124 e.